The van der Waals surface area contributed by atoms with E-state index < -0.39 is 0 Å². The molecule has 1 atom stereocenters. The van der Waals surface area contributed by atoms with Crippen LogP contribution >= 0.6 is 0 Å². The number of aromatic amines is 1. The number of aromatic nitrogens is 2. The maximum absolute atomic E-state index is 13.4. The Bertz CT molecular complexity index is 717. The van der Waals surface area contributed by atoms with Gasteiger partial charge in [0.1, 0.15) is 0 Å². The zero-order chi connectivity index (χ0) is 19.7. The molecule has 3 heterocycles. The van der Waals surface area contributed by atoms with Gasteiger partial charge in [-0.3, -0.25) is 14.7 Å². The summed E-state index contributed by atoms with van der Waals surface area (Å²) >= 11 is 0. The number of carbonyl (C=O) groups is 2. The van der Waals surface area contributed by atoms with Crippen molar-refractivity contribution >= 4 is 11.8 Å². The standard InChI is InChI=1S/C22H34N4O2/c1-16-19(17(2)24-23-16)13-20(27)26-12-10-22(15-26)9-6-11-25(21(22)28)14-18-7-4-3-5-8-18/h18H,3-15H2,1-2H3,(H,23,24). The Labute approximate surface area is 168 Å². The first-order valence-corrected chi connectivity index (χ1v) is 11.1. The van der Waals surface area contributed by atoms with E-state index in [0.717, 1.165) is 49.3 Å². The summed E-state index contributed by atoms with van der Waals surface area (Å²) in [6.45, 7) is 7.03. The summed E-state index contributed by atoms with van der Waals surface area (Å²) in [7, 11) is 0. The van der Waals surface area contributed by atoms with Crippen molar-refractivity contribution in [1.29, 1.82) is 0 Å². The van der Waals surface area contributed by atoms with Crippen LogP contribution in [0.3, 0.4) is 0 Å². The van der Waals surface area contributed by atoms with E-state index in [1.807, 2.05) is 18.7 Å². The fourth-order valence-corrected chi connectivity index (χ4v) is 5.57. The Morgan fingerprint density at radius 3 is 2.64 bits per heavy atom. The quantitative estimate of drug-likeness (QED) is 0.865. The maximum Gasteiger partial charge on any atom is 0.230 e. The Hall–Kier alpha value is -1.85. The fourth-order valence-electron chi connectivity index (χ4n) is 5.57. The van der Waals surface area contributed by atoms with Crippen molar-refractivity contribution in [2.75, 3.05) is 26.2 Å². The van der Waals surface area contributed by atoms with Gasteiger partial charge in [-0.1, -0.05) is 19.3 Å². The third-order valence-electron chi connectivity index (χ3n) is 7.34. The molecule has 2 aliphatic heterocycles. The highest BCUT2D eigenvalue weighted by atomic mass is 16.2. The summed E-state index contributed by atoms with van der Waals surface area (Å²) in [5.41, 5.74) is 2.53. The normalized spacial score (nSPS) is 26.4. The zero-order valence-electron chi connectivity index (χ0n) is 17.4. The smallest absolute Gasteiger partial charge is 0.230 e. The summed E-state index contributed by atoms with van der Waals surface area (Å²) < 4.78 is 0. The Morgan fingerprint density at radius 1 is 1.14 bits per heavy atom. The maximum atomic E-state index is 13.4. The summed E-state index contributed by atoms with van der Waals surface area (Å²) in [5.74, 6) is 1.12. The van der Waals surface area contributed by atoms with Crippen LogP contribution in [0, 0.1) is 25.2 Å². The predicted octanol–water partition coefficient (Wildman–Crippen LogP) is 2.99. The number of nitrogens with one attached hydrogen (secondary N) is 1. The molecule has 0 radical (unpaired) electrons. The molecule has 1 spiro atoms. The van der Waals surface area contributed by atoms with Crippen LogP contribution in [0.5, 0.6) is 0 Å². The summed E-state index contributed by atoms with van der Waals surface area (Å²) in [4.78, 5) is 30.4. The SMILES string of the molecule is Cc1n[nH]c(C)c1CC(=O)N1CCC2(CCCN(CC3CCCCC3)C2=O)C1. The monoisotopic (exact) mass is 386 g/mol. The lowest BCUT2D eigenvalue weighted by Crippen LogP contribution is -2.51. The number of hydrogen-bond acceptors (Lipinski definition) is 3. The molecule has 6 nitrogen and oxygen atoms in total. The van der Waals surface area contributed by atoms with E-state index in [1.165, 1.54) is 32.1 Å². The molecule has 1 saturated carbocycles. The van der Waals surface area contributed by atoms with Gasteiger partial charge < -0.3 is 9.80 Å². The van der Waals surface area contributed by atoms with Gasteiger partial charge in [-0.25, -0.2) is 0 Å². The fraction of sp³-hybridized carbons (Fsp3) is 0.773. The molecule has 2 amide bonds. The van der Waals surface area contributed by atoms with Crippen LogP contribution in [-0.2, 0) is 16.0 Å². The van der Waals surface area contributed by atoms with E-state index in [1.54, 1.807) is 0 Å². The highest BCUT2D eigenvalue weighted by Gasteiger charge is 2.49. The molecule has 1 aromatic rings. The van der Waals surface area contributed by atoms with Crippen molar-refractivity contribution < 1.29 is 9.59 Å². The van der Waals surface area contributed by atoms with Crippen molar-refractivity contribution in [3.63, 3.8) is 0 Å². The molecule has 154 valence electrons. The van der Waals surface area contributed by atoms with Crippen molar-refractivity contribution in [2.24, 2.45) is 11.3 Å². The van der Waals surface area contributed by atoms with E-state index in [-0.39, 0.29) is 11.3 Å². The summed E-state index contributed by atoms with van der Waals surface area (Å²) in [6.07, 6.45) is 9.71. The molecule has 2 saturated heterocycles. The molecular formula is C22H34N4O2. The molecule has 3 aliphatic rings. The van der Waals surface area contributed by atoms with Crippen molar-refractivity contribution in [2.45, 2.75) is 71.6 Å². The topological polar surface area (TPSA) is 69.3 Å². The molecule has 0 bridgehead atoms. The third kappa shape index (κ3) is 3.70. The molecule has 1 aromatic heterocycles. The number of H-pyrrole nitrogens is 1. The van der Waals surface area contributed by atoms with Crippen LogP contribution in [-0.4, -0.2) is 58.0 Å². The second kappa shape index (κ2) is 7.88. The van der Waals surface area contributed by atoms with Gasteiger partial charge in [-0.2, -0.15) is 5.10 Å². The average molecular weight is 387 g/mol. The Balaban J connectivity index is 1.39. The Morgan fingerprint density at radius 2 is 1.93 bits per heavy atom. The summed E-state index contributed by atoms with van der Waals surface area (Å²) in [5, 5.41) is 7.16. The number of rotatable bonds is 4. The van der Waals surface area contributed by atoms with E-state index in [4.69, 9.17) is 0 Å². The van der Waals surface area contributed by atoms with Crippen LogP contribution in [0.2, 0.25) is 0 Å². The highest BCUT2D eigenvalue weighted by Crippen LogP contribution is 2.41. The number of aryl methyl sites for hydroxylation is 2. The molecule has 4 rings (SSSR count). The van der Waals surface area contributed by atoms with Crippen molar-refractivity contribution in [3.05, 3.63) is 17.0 Å². The number of piperidine rings is 1. The minimum Gasteiger partial charge on any atom is -0.342 e. The largest absolute Gasteiger partial charge is 0.342 e. The number of likely N-dealkylation sites (tertiary alicyclic amines) is 2. The minimum atomic E-state index is -0.330. The molecule has 1 N–H and O–H groups in total. The lowest BCUT2D eigenvalue weighted by molar-refractivity contribution is -0.147. The van der Waals surface area contributed by atoms with Crippen LogP contribution in [0.15, 0.2) is 0 Å². The van der Waals surface area contributed by atoms with E-state index in [2.05, 4.69) is 15.1 Å². The molecule has 6 heteroatoms. The molecule has 3 fully saturated rings. The molecule has 28 heavy (non-hydrogen) atoms. The molecular weight excluding hydrogens is 352 g/mol. The van der Waals surface area contributed by atoms with Gasteiger partial charge in [0, 0.05) is 37.4 Å². The first kappa shape index (κ1) is 19.5. The predicted molar refractivity (Wildman–Crippen MR) is 108 cm³/mol. The van der Waals surface area contributed by atoms with Gasteiger partial charge in [-0.15, -0.1) is 0 Å². The number of amides is 2. The van der Waals surface area contributed by atoms with Gasteiger partial charge in [0.15, 0.2) is 0 Å². The van der Waals surface area contributed by atoms with Gasteiger partial charge in [0.25, 0.3) is 0 Å². The first-order valence-electron chi connectivity index (χ1n) is 11.1. The van der Waals surface area contributed by atoms with Crippen LogP contribution in [0.4, 0.5) is 0 Å². The van der Waals surface area contributed by atoms with Crippen molar-refractivity contribution in [1.82, 2.24) is 20.0 Å². The number of nitrogens with zero attached hydrogens (tertiary/aromatic N) is 3. The zero-order valence-corrected chi connectivity index (χ0v) is 17.4. The number of carbonyl (C=O) groups excluding carboxylic acids is 2. The lowest BCUT2D eigenvalue weighted by atomic mass is 9.77. The molecule has 0 aromatic carbocycles. The van der Waals surface area contributed by atoms with Crippen molar-refractivity contribution in [3.8, 4) is 0 Å². The third-order valence-corrected chi connectivity index (χ3v) is 7.34. The second-order valence-corrected chi connectivity index (χ2v) is 9.29. The summed E-state index contributed by atoms with van der Waals surface area (Å²) in [6, 6.07) is 0. The first-order chi connectivity index (χ1) is 13.5. The minimum absolute atomic E-state index is 0.127. The molecule has 1 aliphatic carbocycles. The second-order valence-electron chi connectivity index (χ2n) is 9.29. The van der Waals surface area contributed by atoms with E-state index in [0.29, 0.717) is 31.3 Å². The van der Waals surface area contributed by atoms with Gasteiger partial charge in [0.05, 0.1) is 17.5 Å². The van der Waals surface area contributed by atoms with Crippen LogP contribution < -0.4 is 0 Å². The Kier molecular flexibility index (Phi) is 5.48. The van der Waals surface area contributed by atoms with Gasteiger partial charge >= 0.3 is 0 Å². The van der Waals surface area contributed by atoms with E-state index in [9.17, 15) is 9.59 Å². The molecule has 1 unspecified atom stereocenters. The van der Waals surface area contributed by atoms with E-state index >= 15 is 0 Å². The highest BCUT2D eigenvalue weighted by molar-refractivity contribution is 5.86. The average Bonchev–Trinajstić information content (AvgIpc) is 3.26. The van der Waals surface area contributed by atoms with Gasteiger partial charge in [0.2, 0.25) is 11.8 Å². The van der Waals surface area contributed by atoms with Crippen LogP contribution in [0.1, 0.15) is 68.3 Å². The van der Waals surface area contributed by atoms with Gasteiger partial charge in [-0.05, 0) is 51.9 Å². The number of hydrogen-bond donors (Lipinski definition) is 1. The lowest BCUT2D eigenvalue weighted by Gasteiger charge is -2.41. The van der Waals surface area contributed by atoms with Crippen LogP contribution in [0.25, 0.3) is 0 Å².